The Morgan fingerprint density at radius 2 is 2.08 bits per heavy atom. The Bertz CT molecular complexity index is 723. The highest BCUT2D eigenvalue weighted by Gasteiger charge is 2.34. The second-order valence-corrected chi connectivity index (χ2v) is 7.34. The third-order valence-corrected chi connectivity index (χ3v) is 5.55. The zero-order chi connectivity index (χ0) is 16.9. The molecule has 0 saturated heterocycles. The van der Waals surface area contributed by atoms with Crippen molar-refractivity contribution in [2.24, 2.45) is 5.10 Å². The summed E-state index contributed by atoms with van der Waals surface area (Å²) < 4.78 is 5.05. The smallest absolute Gasteiger partial charge is 0.306 e. The fraction of sp³-hybridized carbons (Fsp3) is 0.353. The van der Waals surface area contributed by atoms with Crippen LogP contribution < -0.4 is 0 Å². The molecule has 1 amide bonds. The molecule has 0 spiro atoms. The number of thiophene rings is 2. The number of ether oxygens (including phenoxy) is 1. The molecule has 1 atom stereocenters. The molecule has 5 nitrogen and oxygen atoms in total. The largest absolute Gasteiger partial charge is 0.455 e. The SMILES string of the molecule is CCCC(=O)OCC(=O)N1N=C(c2cccs2)CC1c1cccs1. The number of hydrazone groups is 1. The van der Waals surface area contributed by atoms with Crippen molar-refractivity contribution < 1.29 is 14.3 Å². The normalized spacial score (nSPS) is 17.0. The average molecular weight is 362 g/mol. The van der Waals surface area contributed by atoms with Crippen molar-refractivity contribution in [1.82, 2.24) is 5.01 Å². The van der Waals surface area contributed by atoms with Crippen LogP contribution in [0.15, 0.2) is 40.1 Å². The maximum atomic E-state index is 12.5. The molecule has 126 valence electrons. The van der Waals surface area contributed by atoms with E-state index in [9.17, 15) is 9.59 Å². The Balaban J connectivity index is 1.75. The van der Waals surface area contributed by atoms with Crippen molar-refractivity contribution >= 4 is 40.3 Å². The summed E-state index contributed by atoms with van der Waals surface area (Å²) in [7, 11) is 0. The number of carbonyl (C=O) groups excluding carboxylic acids is 2. The van der Waals surface area contributed by atoms with E-state index in [0.717, 1.165) is 15.5 Å². The summed E-state index contributed by atoms with van der Waals surface area (Å²) in [6, 6.07) is 7.82. The number of carbonyl (C=O) groups is 2. The van der Waals surface area contributed by atoms with Crippen LogP contribution in [-0.4, -0.2) is 29.2 Å². The van der Waals surface area contributed by atoms with Gasteiger partial charge in [-0.3, -0.25) is 9.59 Å². The average Bonchev–Trinajstić information content (AvgIpc) is 3.32. The van der Waals surface area contributed by atoms with Gasteiger partial charge in [-0.05, 0) is 29.3 Å². The van der Waals surface area contributed by atoms with Crippen LogP contribution >= 0.6 is 22.7 Å². The first-order valence-corrected chi connectivity index (χ1v) is 9.57. The molecule has 0 N–H and O–H groups in total. The number of rotatable bonds is 6. The fourth-order valence-corrected chi connectivity index (χ4v) is 4.05. The van der Waals surface area contributed by atoms with E-state index in [-0.39, 0.29) is 24.5 Å². The maximum absolute atomic E-state index is 12.5. The summed E-state index contributed by atoms with van der Waals surface area (Å²) in [4.78, 5) is 26.2. The Morgan fingerprint density at radius 1 is 1.29 bits per heavy atom. The Labute approximate surface area is 148 Å². The van der Waals surface area contributed by atoms with E-state index in [4.69, 9.17) is 4.74 Å². The lowest BCUT2D eigenvalue weighted by molar-refractivity contribution is -0.152. The molecule has 1 unspecified atom stereocenters. The maximum Gasteiger partial charge on any atom is 0.306 e. The van der Waals surface area contributed by atoms with Crippen LogP contribution in [0, 0.1) is 0 Å². The van der Waals surface area contributed by atoms with Gasteiger partial charge in [-0.25, -0.2) is 5.01 Å². The number of hydrogen-bond donors (Lipinski definition) is 0. The first kappa shape index (κ1) is 16.9. The highest BCUT2D eigenvalue weighted by atomic mass is 32.1. The lowest BCUT2D eigenvalue weighted by atomic mass is 10.1. The zero-order valence-corrected chi connectivity index (χ0v) is 14.9. The Morgan fingerprint density at radius 3 is 2.75 bits per heavy atom. The van der Waals surface area contributed by atoms with Crippen molar-refractivity contribution in [3.63, 3.8) is 0 Å². The summed E-state index contributed by atoms with van der Waals surface area (Å²) in [5.74, 6) is -0.635. The lowest BCUT2D eigenvalue weighted by Crippen LogP contribution is -2.31. The van der Waals surface area contributed by atoms with Crippen molar-refractivity contribution in [2.75, 3.05) is 6.61 Å². The van der Waals surface area contributed by atoms with Gasteiger partial charge in [-0.2, -0.15) is 5.10 Å². The molecular formula is C17H18N2O3S2. The first-order valence-electron chi connectivity index (χ1n) is 7.81. The predicted molar refractivity (Wildman–Crippen MR) is 95.2 cm³/mol. The van der Waals surface area contributed by atoms with Gasteiger partial charge in [0.1, 0.15) is 0 Å². The number of esters is 1. The van der Waals surface area contributed by atoms with E-state index < -0.39 is 0 Å². The van der Waals surface area contributed by atoms with Gasteiger partial charge in [0.2, 0.25) is 0 Å². The van der Waals surface area contributed by atoms with Crippen LogP contribution in [0.5, 0.6) is 0 Å². The Hall–Kier alpha value is -1.99. The summed E-state index contributed by atoms with van der Waals surface area (Å²) in [5.41, 5.74) is 0.900. The minimum atomic E-state index is -0.347. The summed E-state index contributed by atoms with van der Waals surface area (Å²) in [6.45, 7) is 1.63. The van der Waals surface area contributed by atoms with Crippen LogP contribution in [0.25, 0.3) is 0 Å². The topological polar surface area (TPSA) is 59.0 Å². The van der Waals surface area contributed by atoms with Crippen molar-refractivity contribution in [3.05, 3.63) is 44.8 Å². The molecule has 3 heterocycles. The highest BCUT2D eigenvalue weighted by Crippen LogP contribution is 2.35. The molecule has 1 aliphatic rings. The van der Waals surface area contributed by atoms with Gasteiger partial charge in [0, 0.05) is 17.7 Å². The zero-order valence-electron chi connectivity index (χ0n) is 13.3. The molecular weight excluding hydrogens is 344 g/mol. The van der Waals surface area contributed by atoms with Crippen LogP contribution in [0.1, 0.15) is 42.0 Å². The number of nitrogens with zero attached hydrogens (tertiary/aromatic N) is 2. The van der Waals surface area contributed by atoms with E-state index in [0.29, 0.717) is 19.3 Å². The van der Waals surface area contributed by atoms with E-state index in [1.54, 1.807) is 22.7 Å². The van der Waals surface area contributed by atoms with Gasteiger partial charge in [-0.15, -0.1) is 22.7 Å². The minimum Gasteiger partial charge on any atom is -0.455 e. The van der Waals surface area contributed by atoms with Crippen LogP contribution in [0.2, 0.25) is 0 Å². The second-order valence-electron chi connectivity index (χ2n) is 5.41. The molecule has 2 aromatic heterocycles. The number of hydrogen-bond acceptors (Lipinski definition) is 6. The van der Waals surface area contributed by atoms with Gasteiger partial charge >= 0.3 is 5.97 Å². The summed E-state index contributed by atoms with van der Waals surface area (Å²) >= 11 is 3.21. The van der Waals surface area contributed by atoms with Crippen molar-refractivity contribution in [2.45, 2.75) is 32.2 Å². The Kier molecular flexibility index (Phi) is 5.42. The molecule has 0 fully saturated rings. The van der Waals surface area contributed by atoms with Crippen LogP contribution in [0.4, 0.5) is 0 Å². The van der Waals surface area contributed by atoms with E-state index in [2.05, 4.69) is 5.10 Å². The molecule has 0 radical (unpaired) electrons. The minimum absolute atomic E-state index is 0.125. The standard InChI is InChI=1S/C17H18N2O3S2/c1-2-5-17(21)22-11-16(20)19-13(15-7-4-9-24-15)10-12(18-19)14-6-3-8-23-14/h3-4,6-9,13H,2,5,10-11H2,1H3. The molecule has 0 aliphatic carbocycles. The molecule has 0 saturated carbocycles. The van der Waals surface area contributed by atoms with E-state index in [1.165, 1.54) is 5.01 Å². The molecule has 0 bridgehead atoms. The van der Waals surface area contributed by atoms with Crippen LogP contribution in [0.3, 0.4) is 0 Å². The summed E-state index contributed by atoms with van der Waals surface area (Å²) in [5, 5.41) is 9.97. The third kappa shape index (κ3) is 3.73. The van der Waals surface area contributed by atoms with Gasteiger partial charge < -0.3 is 4.74 Å². The van der Waals surface area contributed by atoms with Crippen LogP contribution in [-0.2, 0) is 14.3 Å². The molecule has 24 heavy (non-hydrogen) atoms. The third-order valence-electron chi connectivity index (χ3n) is 3.65. The van der Waals surface area contributed by atoms with Crippen molar-refractivity contribution in [1.29, 1.82) is 0 Å². The van der Waals surface area contributed by atoms with Crippen molar-refractivity contribution in [3.8, 4) is 0 Å². The monoisotopic (exact) mass is 362 g/mol. The molecule has 7 heteroatoms. The predicted octanol–water partition coefficient (Wildman–Crippen LogP) is 3.83. The van der Waals surface area contributed by atoms with Gasteiger partial charge in [0.15, 0.2) is 6.61 Å². The number of amides is 1. The quantitative estimate of drug-likeness (QED) is 0.734. The van der Waals surface area contributed by atoms with E-state index >= 15 is 0 Å². The highest BCUT2D eigenvalue weighted by molar-refractivity contribution is 7.12. The first-order chi connectivity index (χ1) is 11.7. The summed E-state index contributed by atoms with van der Waals surface area (Å²) in [6.07, 6.45) is 1.70. The molecule has 3 rings (SSSR count). The molecule has 2 aromatic rings. The van der Waals surface area contributed by atoms with Gasteiger partial charge in [-0.1, -0.05) is 19.1 Å². The van der Waals surface area contributed by atoms with Gasteiger partial charge in [0.25, 0.3) is 5.91 Å². The lowest BCUT2D eigenvalue weighted by Gasteiger charge is -2.20. The van der Waals surface area contributed by atoms with E-state index in [1.807, 2.05) is 41.9 Å². The molecule has 1 aliphatic heterocycles. The second kappa shape index (κ2) is 7.72. The van der Waals surface area contributed by atoms with Gasteiger partial charge in [0.05, 0.1) is 16.6 Å². The molecule has 0 aromatic carbocycles. The fourth-order valence-electron chi connectivity index (χ4n) is 2.52.